The van der Waals surface area contributed by atoms with Crippen LogP contribution in [0, 0.1) is 0 Å². The van der Waals surface area contributed by atoms with Crippen LogP contribution < -0.4 is 5.32 Å². The lowest BCUT2D eigenvalue weighted by Gasteiger charge is -2.18. The molecule has 2 heteroatoms. The molecule has 0 aromatic heterocycles. The average Bonchev–Trinajstić information content (AvgIpc) is 2.72. The zero-order valence-corrected chi connectivity index (χ0v) is 8.57. The molecule has 0 amide bonds. The maximum absolute atomic E-state index is 5.93. The lowest BCUT2D eigenvalue weighted by atomic mass is 10.1. The van der Waals surface area contributed by atoms with E-state index in [4.69, 9.17) is 4.74 Å². The van der Waals surface area contributed by atoms with Crippen LogP contribution in [0.2, 0.25) is 0 Å². The highest BCUT2D eigenvalue weighted by molar-refractivity contribution is 5.16. The third kappa shape index (κ3) is 2.34. The summed E-state index contributed by atoms with van der Waals surface area (Å²) in [7, 11) is 0. The minimum absolute atomic E-state index is 0.209. The molecule has 1 aliphatic heterocycles. The molecular formula is C12H17NO. The minimum Gasteiger partial charge on any atom is -0.369 e. The topological polar surface area (TPSA) is 21.3 Å². The van der Waals surface area contributed by atoms with Crippen LogP contribution in [0.4, 0.5) is 0 Å². The van der Waals surface area contributed by atoms with E-state index in [0.29, 0.717) is 6.10 Å². The predicted molar refractivity (Wildman–Crippen MR) is 57.2 cm³/mol. The van der Waals surface area contributed by atoms with E-state index in [1.165, 1.54) is 5.56 Å². The van der Waals surface area contributed by atoms with E-state index in [2.05, 4.69) is 36.5 Å². The van der Waals surface area contributed by atoms with Gasteiger partial charge in [-0.2, -0.15) is 0 Å². The van der Waals surface area contributed by atoms with Crippen molar-refractivity contribution >= 4 is 0 Å². The summed E-state index contributed by atoms with van der Waals surface area (Å²) in [5.41, 5.74) is 1.26. The number of hydrogen-bond donors (Lipinski definition) is 1. The highest BCUT2D eigenvalue weighted by atomic mass is 16.5. The Morgan fingerprint density at radius 3 is 2.79 bits per heavy atom. The van der Waals surface area contributed by atoms with Gasteiger partial charge in [-0.25, -0.2) is 0 Å². The van der Waals surface area contributed by atoms with E-state index in [9.17, 15) is 0 Å². The molecule has 1 N–H and O–H groups in total. The van der Waals surface area contributed by atoms with Gasteiger partial charge in [0.15, 0.2) is 0 Å². The van der Waals surface area contributed by atoms with Gasteiger partial charge in [0, 0.05) is 6.54 Å². The third-order valence-electron chi connectivity index (χ3n) is 2.68. The fourth-order valence-corrected chi connectivity index (χ4v) is 1.84. The summed E-state index contributed by atoms with van der Waals surface area (Å²) in [6.07, 6.45) is 1.74. The van der Waals surface area contributed by atoms with E-state index < -0.39 is 0 Å². The Balaban J connectivity index is 1.92. The monoisotopic (exact) mass is 191 g/mol. The van der Waals surface area contributed by atoms with Gasteiger partial charge in [-0.15, -0.1) is 0 Å². The molecule has 14 heavy (non-hydrogen) atoms. The summed E-state index contributed by atoms with van der Waals surface area (Å²) in [5.74, 6) is 0. The Bertz CT molecular complexity index is 267. The lowest BCUT2D eigenvalue weighted by Crippen LogP contribution is -2.18. The molecule has 2 atom stereocenters. The predicted octanol–water partition coefficient (Wildman–Crippen LogP) is 2.13. The normalized spacial score (nSPS) is 23.6. The summed E-state index contributed by atoms with van der Waals surface area (Å²) in [4.78, 5) is 0. The standard InChI is InChI=1S/C12H17NO/c1-10(11-5-3-2-4-6-11)14-12-7-8-13-9-12/h2-6,10,12-13H,7-9H2,1H3. The van der Waals surface area contributed by atoms with Crippen LogP contribution in [-0.2, 0) is 4.74 Å². The molecule has 76 valence electrons. The summed E-state index contributed by atoms with van der Waals surface area (Å²) in [6, 6.07) is 10.4. The van der Waals surface area contributed by atoms with Crippen LogP contribution in [0.25, 0.3) is 0 Å². The van der Waals surface area contributed by atoms with E-state index in [1.54, 1.807) is 0 Å². The van der Waals surface area contributed by atoms with Gasteiger partial charge in [-0.05, 0) is 25.5 Å². The van der Waals surface area contributed by atoms with E-state index in [0.717, 1.165) is 19.5 Å². The zero-order valence-electron chi connectivity index (χ0n) is 8.57. The zero-order chi connectivity index (χ0) is 9.80. The van der Waals surface area contributed by atoms with Crippen LogP contribution >= 0.6 is 0 Å². The van der Waals surface area contributed by atoms with Gasteiger partial charge in [0.05, 0.1) is 12.2 Å². The maximum Gasteiger partial charge on any atom is 0.0801 e. The Hall–Kier alpha value is -0.860. The van der Waals surface area contributed by atoms with Crippen LogP contribution in [0.15, 0.2) is 30.3 Å². The highest BCUT2D eigenvalue weighted by Gasteiger charge is 2.18. The van der Waals surface area contributed by atoms with Gasteiger partial charge in [0.2, 0.25) is 0 Å². The lowest BCUT2D eigenvalue weighted by molar-refractivity contribution is 0.00829. The van der Waals surface area contributed by atoms with Gasteiger partial charge in [-0.1, -0.05) is 30.3 Å². The highest BCUT2D eigenvalue weighted by Crippen LogP contribution is 2.19. The number of hydrogen-bond acceptors (Lipinski definition) is 2. The van der Waals surface area contributed by atoms with Crippen molar-refractivity contribution < 1.29 is 4.74 Å². The Morgan fingerprint density at radius 2 is 2.14 bits per heavy atom. The van der Waals surface area contributed by atoms with Crippen molar-refractivity contribution in [3.63, 3.8) is 0 Å². The average molecular weight is 191 g/mol. The number of benzene rings is 1. The summed E-state index contributed by atoms with van der Waals surface area (Å²) < 4.78 is 5.93. The molecule has 1 aliphatic rings. The van der Waals surface area contributed by atoms with Crippen molar-refractivity contribution in [1.82, 2.24) is 5.32 Å². The van der Waals surface area contributed by atoms with Crippen molar-refractivity contribution in [2.24, 2.45) is 0 Å². The Morgan fingerprint density at radius 1 is 1.36 bits per heavy atom. The molecule has 1 aromatic rings. The summed E-state index contributed by atoms with van der Waals surface area (Å²) >= 11 is 0. The molecule has 2 rings (SSSR count). The van der Waals surface area contributed by atoms with Crippen LogP contribution in [0.1, 0.15) is 25.0 Å². The van der Waals surface area contributed by atoms with Crippen molar-refractivity contribution in [1.29, 1.82) is 0 Å². The largest absolute Gasteiger partial charge is 0.369 e. The molecule has 1 fully saturated rings. The van der Waals surface area contributed by atoms with E-state index in [-0.39, 0.29) is 6.10 Å². The first-order valence-electron chi connectivity index (χ1n) is 5.27. The van der Waals surface area contributed by atoms with Gasteiger partial charge >= 0.3 is 0 Å². The summed E-state index contributed by atoms with van der Waals surface area (Å²) in [6.45, 7) is 4.21. The first-order chi connectivity index (χ1) is 6.86. The molecule has 2 unspecified atom stereocenters. The molecule has 0 radical (unpaired) electrons. The molecule has 0 saturated carbocycles. The van der Waals surface area contributed by atoms with Crippen LogP contribution in [0.5, 0.6) is 0 Å². The molecule has 1 aromatic carbocycles. The summed E-state index contributed by atoms with van der Waals surface area (Å²) in [5, 5.41) is 3.30. The minimum atomic E-state index is 0.209. The molecular weight excluding hydrogens is 174 g/mol. The Kier molecular flexibility index (Phi) is 3.17. The molecule has 0 aliphatic carbocycles. The fourth-order valence-electron chi connectivity index (χ4n) is 1.84. The van der Waals surface area contributed by atoms with Crippen molar-refractivity contribution in [3.8, 4) is 0 Å². The quantitative estimate of drug-likeness (QED) is 0.790. The number of nitrogens with one attached hydrogen (secondary N) is 1. The van der Waals surface area contributed by atoms with Gasteiger partial charge in [0.25, 0.3) is 0 Å². The first kappa shape index (κ1) is 9.69. The van der Waals surface area contributed by atoms with E-state index in [1.807, 2.05) is 6.07 Å². The second-order valence-electron chi connectivity index (χ2n) is 3.80. The number of ether oxygens (including phenoxy) is 1. The fraction of sp³-hybridized carbons (Fsp3) is 0.500. The number of rotatable bonds is 3. The molecule has 0 spiro atoms. The SMILES string of the molecule is CC(OC1CCNC1)c1ccccc1. The van der Waals surface area contributed by atoms with Gasteiger partial charge in [0.1, 0.15) is 0 Å². The van der Waals surface area contributed by atoms with Gasteiger partial charge < -0.3 is 10.1 Å². The smallest absolute Gasteiger partial charge is 0.0801 e. The van der Waals surface area contributed by atoms with E-state index >= 15 is 0 Å². The maximum atomic E-state index is 5.93. The molecule has 1 saturated heterocycles. The third-order valence-corrected chi connectivity index (χ3v) is 2.68. The molecule has 2 nitrogen and oxygen atoms in total. The van der Waals surface area contributed by atoms with Crippen LogP contribution in [0.3, 0.4) is 0 Å². The Labute approximate surface area is 85.3 Å². The second kappa shape index (κ2) is 4.58. The van der Waals surface area contributed by atoms with Crippen molar-refractivity contribution in [3.05, 3.63) is 35.9 Å². The van der Waals surface area contributed by atoms with Crippen LogP contribution in [-0.4, -0.2) is 19.2 Å². The molecule has 1 heterocycles. The van der Waals surface area contributed by atoms with Crippen molar-refractivity contribution in [2.75, 3.05) is 13.1 Å². The molecule has 0 bridgehead atoms. The second-order valence-corrected chi connectivity index (χ2v) is 3.80. The first-order valence-corrected chi connectivity index (χ1v) is 5.27. The van der Waals surface area contributed by atoms with Crippen molar-refractivity contribution in [2.45, 2.75) is 25.6 Å². The van der Waals surface area contributed by atoms with Gasteiger partial charge in [-0.3, -0.25) is 0 Å².